The minimum atomic E-state index is -0.896. The summed E-state index contributed by atoms with van der Waals surface area (Å²) < 4.78 is 0. The molecule has 0 saturated heterocycles. The van der Waals surface area contributed by atoms with Crippen molar-refractivity contribution in [2.45, 2.75) is 33.1 Å². The lowest BCUT2D eigenvalue weighted by molar-refractivity contribution is -0.145. The Kier molecular flexibility index (Phi) is 5.08. The van der Waals surface area contributed by atoms with Crippen molar-refractivity contribution in [3.8, 4) is 0 Å². The van der Waals surface area contributed by atoms with Gasteiger partial charge in [-0.15, -0.1) is 0 Å². The molecule has 1 unspecified atom stereocenters. The molecule has 0 aromatic heterocycles. The summed E-state index contributed by atoms with van der Waals surface area (Å²) in [5.41, 5.74) is 0.790. The fourth-order valence-corrected chi connectivity index (χ4v) is 2.30. The molecule has 0 aliphatic heterocycles. The van der Waals surface area contributed by atoms with Gasteiger partial charge in [0.05, 0.1) is 11.8 Å². The first-order chi connectivity index (χ1) is 8.43. The number of Topliss-reactive ketones (excluding diaryl/α,β-unsaturated/α-hetero) is 1. The maximum absolute atomic E-state index is 11.8. The van der Waals surface area contributed by atoms with E-state index in [9.17, 15) is 14.7 Å². The lowest BCUT2D eigenvalue weighted by Crippen LogP contribution is -2.28. The van der Waals surface area contributed by atoms with Crippen LogP contribution in [0, 0.1) is 11.8 Å². The normalized spacial score (nSPS) is 14.2. The Balaban J connectivity index is 3.09. The second-order valence-corrected chi connectivity index (χ2v) is 5.07. The van der Waals surface area contributed by atoms with Gasteiger partial charge in [0.2, 0.25) is 0 Å². The highest BCUT2D eigenvalue weighted by Crippen LogP contribution is 2.30. The van der Waals surface area contributed by atoms with Crippen molar-refractivity contribution < 1.29 is 14.7 Å². The lowest BCUT2D eigenvalue weighted by atomic mass is 9.79. The molecule has 0 saturated carbocycles. The van der Waals surface area contributed by atoms with Gasteiger partial charge >= 0.3 is 5.97 Å². The lowest BCUT2D eigenvalue weighted by Gasteiger charge is -2.23. The quantitative estimate of drug-likeness (QED) is 0.841. The van der Waals surface area contributed by atoms with Crippen molar-refractivity contribution >= 4 is 11.8 Å². The van der Waals surface area contributed by atoms with Crippen molar-refractivity contribution in [1.29, 1.82) is 0 Å². The minimum Gasteiger partial charge on any atom is -0.481 e. The van der Waals surface area contributed by atoms with Crippen molar-refractivity contribution in [3.63, 3.8) is 0 Å². The Labute approximate surface area is 108 Å². The third-order valence-corrected chi connectivity index (χ3v) is 3.04. The van der Waals surface area contributed by atoms with Crippen LogP contribution in [-0.4, -0.2) is 16.9 Å². The molecule has 3 heteroatoms. The van der Waals surface area contributed by atoms with Gasteiger partial charge in [-0.1, -0.05) is 44.2 Å². The van der Waals surface area contributed by atoms with Crippen LogP contribution >= 0.6 is 0 Å². The highest BCUT2D eigenvalue weighted by Gasteiger charge is 2.33. The smallest absolute Gasteiger partial charge is 0.307 e. The number of rotatable bonds is 6. The van der Waals surface area contributed by atoms with Gasteiger partial charge in [0.1, 0.15) is 5.78 Å². The van der Waals surface area contributed by atoms with Crippen LogP contribution in [-0.2, 0) is 9.59 Å². The van der Waals surface area contributed by atoms with E-state index in [1.165, 1.54) is 6.92 Å². The molecule has 1 rings (SSSR count). The molecular weight excluding hydrogens is 228 g/mol. The molecule has 1 N–H and O–H groups in total. The van der Waals surface area contributed by atoms with Gasteiger partial charge in [-0.25, -0.2) is 0 Å². The van der Waals surface area contributed by atoms with E-state index in [1.807, 2.05) is 44.2 Å². The number of benzene rings is 1. The van der Waals surface area contributed by atoms with E-state index in [0.717, 1.165) is 5.56 Å². The zero-order valence-corrected chi connectivity index (χ0v) is 11.1. The Bertz CT molecular complexity index is 409. The fraction of sp³-hybridized carbons (Fsp3) is 0.467. The molecular formula is C15H20O3. The van der Waals surface area contributed by atoms with Gasteiger partial charge in [-0.05, 0) is 24.8 Å². The van der Waals surface area contributed by atoms with Gasteiger partial charge in [0.15, 0.2) is 0 Å². The molecule has 0 spiro atoms. The zero-order valence-electron chi connectivity index (χ0n) is 11.1. The first kappa shape index (κ1) is 14.4. The van der Waals surface area contributed by atoms with E-state index in [4.69, 9.17) is 0 Å². The molecule has 0 amide bonds. The largest absolute Gasteiger partial charge is 0.481 e. The van der Waals surface area contributed by atoms with Crippen molar-refractivity contribution in [3.05, 3.63) is 35.9 Å². The molecule has 1 aromatic rings. The number of carboxylic acid groups (broad SMARTS) is 1. The summed E-state index contributed by atoms with van der Waals surface area (Å²) in [6.07, 6.45) is 0.508. The Morgan fingerprint density at radius 2 is 1.72 bits per heavy atom. The second-order valence-electron chi connectivity index (χ2n) is 5.07. The summed E-state index contributed by atoms with van der Waals surface area (Å²) in [7, 11) is 0. The summed E-state index contributed by atoms with van der Waals surface area (Å²) in [6.45, 7) is 5.41. The van der Waals surface area contributed by atoms with Crippen LogP contribution < -0.4 is 0 Å². The number of hydrogen-bond acceptors (Lipinski definition) is 2. The van der Waals surface area contributed by atoms with E-state index in [1.54, 1.807) is 0 Å². The molecule has 3 nitrogen and oxygen atoms in total. The number of hydrogen-bond donors (Lipinski definition) is 1. The molecule has 2 atom stereocenters. The molecule has 0 radical (unpaired) electrons. The van der Waals surface area contributed by atoms with E-state index >= 15 is 0 Å². The molecule has 0 fully saturated rings. The second kappa shape index (κ2) is 6.34. The van der Waals surface area contributed by atoms with Gasteiger partial charge < -0.3 is 5.11 Å². The third kappa shape index (κ3) is 3.69. The van der Waals surface area contributed by atoms with E-state index in [2.05, 4.69) is 0 Å². The number of carbonyl (C=O) groups is 2. The Morgan fingerprint density at radius 1 is 1.17 bits per heavy atom. The van der Waals surface area contributed by atoms with Gasteiger partial charge in [0, 0.05) is 0 Å². The molecule has 0 bridgehead atoms. The third-order valence-electron chi connectivity index (χ3n) is 3.04. The van der Waals surface area contributed by atoms with Crippen molar-refractivity contribution in [2.24, 2.45) is 11.8 Å². The first-order valence-corrected chi connectivity index (χ1v) is 6.21. The molecule has 0 heterocycles. The number of ketones is 1. The first-order valence-electron chi connectivity index (χ1n) is 6.21. The predicted molar refractivity (Wildman–Crippen MR) is 70.4 cm³/mol. The van der Waals surface area contributed by atoms with Gasteiger partial charge in [-0.3, -0.25) is 9.59 Å². The molecule has 1 aromatic carbocycles. The molecule has 98 valence electrons. The zero-order chi connectivity index (χ0) is 13.7. The highest BCUT2D eigenvalue weighted by molar-refractivity contribution is 5.89. The maximum atomic E-state index is 11.8. The van der Waals surface area contributed by atoms with E-state index < -0.39 is 17.8 Å². The number of carboxylic acids is 1. The number of carbonyl (C=O) groups excluding carboxylic acids is 1. The summed E-state index contributed by atoms with van der Waals surface area (Å²) >= 11 is 0. The van der Waals surface area contributed by atoms with Crippen LogP contribution in [0.5, 0.6) is 0 Å². The van der Waals surface area contributed by atoms with Crippen LogP contribution in [0.3, 0.4) is 0 Å². The fourth-order valence-electron chi connectivity index (χ4n) is 2.30. The number of aliphatic carboxylic acids is 1. The molecule has 18 heavy (non-hydrogen) atoms. The van der Waals surface area contributed by atoms with Crippen LogP contribution in [0.4, 0.5) is 0 Å². The molecule has 0 aliphatic rings. The Morgan fingerprint density at radius 3 is 2.11 bits per heavy atom. The highest BCUT2D eigenvalue weighted by atomic mass is 16.4. The van der Waals surface area contributed by atoms with Gasteiger partial charge in [-0.2, -0.15) is 0 Å². The average molecular weight is 248 g/mol. The standard InChI is InChI=1S/C15H20O3/c1-10(2)9-13(15(17)18)14(11(3)16)12-7-5-4-6-8-12/h4-8,10,13-14H,9H2,1-3H3,(H,17,18)/t13-,14?/m0/s1. The Hall–Kier alpha value is -1.64. The minimum absolute atomic E-state index is 0.0887. The van der Waals surface area contributed by atoms with Crippen molar-refractivity contribution in [1.82, 2.24) is 0 Å². The summed E-state index contributed by atoms with van der Waals surface area (Å²) in [5.74, 6) is -1.94. The summed E-state index contributed by atoms with van der Waals surface area (Å²) in [5, 5.41) is 9.35. The van der Waals surface area contributed by atoms with Crippen LogP contribution in [0.25, 0.3) is 0 Å². The van der Waals surface area contributed by atoms with Gasteiger partial charge in [0.25, 0.3) is 0 Å². The topological polar surface area (TPSA) is 54.4 Å². The van der Waals surface area contributed by atoms with Crippen LogP contribution in [0.15, 0.2) is 30.3 Å². The molecule has 0 aliphatic carbocycles. The monoisotopic (exact) mass is 248 g/mol. The SMILES string of the molecule is CC(=O)C(c1ccccc1)[C@H](CC(C)C)C(=O)O. The average Bonchev–Trinajstić information content (AvgIpc) is 2.28. The predicted octanol–water partition coefficient (Wildman–Crippen LogP) is 3.11. The van der Waals surface area contributed by atoms with Crippen LogP contribution in [0.2, 0.25) is 0 Å². The van der Waals surface area contributed by atoms with E-state index in [0.29, 0.717) is 6.42 Å². The van der Waals surface area contributed by atoms with Crippen LogP contribution in [0.1, 0.15) is 38.7 Å². The summed E-state index contributed by atoms with van der Waals surface area (Å²) in [4.78, 5) is 23.2. The maximum Gasteiger partial charge on any atom is 0.307 e. The van der Waals surface area contributed by atoms with Crippen molar-refractivity contribution in [2.75, 3.05) is 0 Å². The van der Waals surface area contributed by atoms with E-state index in [-0.39, 0.29) is 11.7 Å². The summed E-state index contributed by atoms with van der Waals surface area (Å²) in [6, 6.07) is 9.17.